The Hall–Kier alpha value is -2.11. The highest BCUT2D eigenvalue weighted by Crippen LogP contribution is 2.24. The molecule has 0 fully saturated rings. The molecular formula is C15H20FNO4. The van der Waals surface area contributed by atoms with E-state index in [1.54, 1.807) is 20.8 Å². The number of alkyl carbamates (subject to hydrolysis) is 1. The number of aliphatic carboxylic acids is 1. The van der Waals surface area contributed by atoms with Crippen LogP contribution in [0.15, 0.2) is 24.3 Å². The number of nitrogens with one attached hydrogen (secondary N) is 1. The Morgan fingerprint density at radius 2 is 1.71 bits per heavy atom. The first-order chi connectivity index (χ1) is 9.54. The third-order valence-corrected chi connectivity index (χ3v) is 2.94. The third kappa shape index (κ3) is 4.73. The Labute approximate surface area is 123 Å². The molecule has 0 spiro atoms. The van der Waals surface area contributed by atoms with Gasteiger partial charge in [-0.25, -0.2) is 9.18 Å². The summed E-state index contributed by atoms with van der Waals surface area (Å²) in [7, 11) is 0. The molecular weight excluding hydrogens is 277 g/mol. The maximum absolute atomic E-state index is 12.9. The van der Waals surface area contributed by atoms with Crippen molar-refractivity contribution in [1.29, 1.82) is 0 Å². The lowest BCUT2D eigenvalue weighted by Crippen LogP contribution is -2.45. The van der Waals surface area contributed by atoms with Crippen molar-refractivity contribution in [1.82, 2.24) is 5.32 Å². The maximum Gasteiger partial charge on any atom is 0.407 e. The Balaban J connectivity index is 2.85. The number of hydrogen-bond acceptors (Lipinski definition) is 3. The van der Waals surface area contributed by atoms with Crippen molar-refractivity contribution in [2.24, 2.45) is 0 Å². The van der Waals surface area contributed by atoms with E-state index < -0.39 is 28.9 Å². The van der Waals surface area contributed by atoms with Crippen LogP contribution in [0.3, 0.4) is 0 Å². The van der Waals surface area contributed by atoms with Gasteiger partial charge < -0.3 is 15.2 Å². The van der Waals surface area contributed by atoms with Crippen LogP contribution in [-0.2, 0) is 14.9 Å². The summed E-state index contributed by atoms with van der Waals surface area (Å²) in [5.41, 5.74) is -1.64. The van der Waals surface area contributed by atoms with Crippen LogP contribution in [0.2, 0.25) is 0 Å². The molecule has 21 heavy (non-hydrogen) atoms. The molecule has 0 bridgehead atoms. The molecule has 0 saturated heterocycles. The molecule has 0 aliphatic carbocycles. The number of benzene rings is 1. The van der Waals surface area contributed by atoms with E-state index in [4.69, 9.17) is 4.74 Å². The Morgan fingerprint density at radius 3 is 2.14 bits per heavy atom. The number of carboxylic acid groups (broad SMARTS) is 1. The highest BCUT2D eigenvalue weighted by Gasteiger charge is 2.36. The fourth-order valence-corrected chi connectivity index (χ4v) is 1.68. The highest BCUT2D eigenvalue weighted by molar-refractivity contribution is 5.82. The topological polar surface area (TPSA) is 75.6 Å². The SMILES string of the molecule is CC(C)(C)OC(=O)NCC(C)(C(=O)O)c1ccc(F)cc1. The number of hydrogen-bond donors (Lipinski definition) is 2. The van der Waals surface area contributed by atoms with Crippen molar-refractivity contribution in [3.63, 3.8) is 0 Å². The molecule has 1 amide bonds. The fraction of sp³-hybridized carbons (Fsp3) is 0.467. The van der Waals surface area contributed by atoms with Crippen LogP contribution in [0.4, 0.5) is 9.18 Å². The van der Waals surface area contributed by atoms with Crippen molar-refractivity contribution in [3.05, 3.63) is 35.6 Å². The number of rotatable bonds is 4. The van der Waals surface area contributed by atoms with Gasteiger partial charge in [-0.05, 0) is 45.4 Å². The van der Waals surface area contributed by atoms with E-state index in [1.807, 2.05) is 0 Å². The van der Waals surface area contributed by atoms with Crippen molar-refractivity contribution >= 4 is 12.1 Å². The maximum atomic E-state index is 12.9. The Morgan fingerprint density at radius 1 is 1.19 bits per heavy atom. The summed E-state index contributed by atoms with van der Waals surface area (Å²) < 4.78 is 18.0. The molecule has 5 nitrogen and oxygen atoms in total. The number of amides is 1. The predicted octanol–water partition coefficient (Wildman–Crippen LogP) is 2.69. The minimum atomic E-state index is -1.37. The lowest BCUT2D eigenvalue weighted by molar-refractivity contribution is -0.143. The molecule has 1 unspecified atom stereocenters. The Kier molecular flexibility index (Phi) is 4.93. The molecule has 1 atom stereocenters. The number of ether oxygens (including phenoxy) is 1. The lowest BCUT2D eigenvalue weighted by atomic mass is 9.82. The van der Waals surface area contributed by atoms with Crippen LogP contribution in [0.1, 0.15) is 33.3 Å². The first kappa shape index (κ1) is 16.9. The van der Waals surface area contributed by atoms with Gasteiger partial charge in [-0.15, -0.1) is 0 Å². The second-order valence-electron chi connectivity index (χ2n) is 6.00. The average molecular weight is 297 g/mol. The van der Waals surface area contributed by atoms with Gasteiger partial charge in [-0.3, -0.25) is 4.79 Å². The van der Waals surface area contributed by atoms with Gasteiger partial charge in [-0.2, -0.15) is 0 Å². The molecule has 116 valence electrons. The van der Waals surface area contributed by atoms with E-state index in [-0.39, 0.29) is 6.54 Å². The fourth-order valence-electron chi connectivity index (χ4n) is 1.68. The van der Waals surface area contributed by atoms with Gasteiger partial charge in [0.2, 0.25) is 0 Å². The zero-order chi connectivity index (χ0) is 16.3. The summed E-state index contributed by atoms with van der Waals surface area (Å²) in [6.07, 6.45) is -0.697. The van der Waals surface area contributed by atoms with E-state index in [1.165, 1.54) is 31.2 Å². The minimum absolute atomic E-state index is 0.164. The molecule has 0 aliphatic rings. The van der Waals surface area contributed by atoms with Gasteiger partial charge in [0.15, 0.2) is 0 Å². The molecule has 0 radical (unpaired) electrons. The van der Waals surface area contributed by atoms with E-state index in [9.17, 15) is 19.1 Å². The third-order valence-electron chi connectivity index (χ3n) is 2.94. The van der Waals surface area contributed by atoms with Crippen molar-refractivity contribution < 1.29 is 23.8 Å². The molecule has 6 heteroatoms. The normalized spacial score (nSPS) is 14.1. The number of halogens is 1. The summed E-state index contributed by atoms with van der Waals surface area (Å²) in [4.78, 5) is 23.1. The average Bonchev–Trinajstić information content (AvgIpc) is 2.34. The van der Waals surface area contributed by atoms with Crippen molar-refractivity contribution in [2.75, 3.05) is 6.54 Å². The Bertz CT molecular complexity index is 521. The van der Waals surface area contributed by atoms with Gasteiger partial charge in [0, 0.05) is 6.54 Å². The number of carboxylic acids is 1. The van der Waals surface area contributed by atoms with Crippen molar-refractivity contribution in [3.8, 4) is 0 Å². The smallest absolute Gasteiger partial charge is 0.407 e. The van der Waals surface area contributed by atoms with Crippen LogP contribution in [0, 0.1) is 5.82 Å². The number of carbonyl (C=O) groups is 2. The summed E-state index contributed by atoms with van der Waals surface area (Å²) >= 11 is 0. The largest absolute Gasteiger partial charge is 0.481 e. The van der Waals surface area contributed by atoms with Crippen LogP contribution < -0.4 is 5.32 Å². The molecule has 1 aromatic rings. The second-order valence-corrected chi connectivity index (χ2v) is 6.00. The summed E-state index contributed by atoms with van der Waals surface area (Å²) in [5.74, 6) is -1.57. The highest BCUT2D eigenvalue weighted by atomic mass is 19.1. The molecule has 2 N–H and O–H groups in total. The molecule has 1 rings (SSSR count). The van der Waals surface area contributed by atoms with E-state index in [0.29, 0.717) is 5.56 Å². The van der Waals surface area contributed by atoms with Gasteiger partial charge >= 0.3 is 12.1 Å². The van der Waals surface area contributed by atoms with Gasteiger partial charge in [-0.1, -0.05) is 12.1 Å². The zero-order valence-electron chi connectivity index (χ0n) is 12.6. The molecule has 0 saturated carbocycles. The summed E-state index contributed by atoms with van der Waals surface area (Å²) in [6, 6.07) is 5.15. The van der Waals surface area contributed by atoms with Gasteiger partial charge in [0.25, 0.3) is 0 Å². The number of carbonyl (C=O) groups excluding carboxylic acids is 1. The first-order valence-corrected chi connectivity index (χ1v) is 6.51. The lowest BCUT2D eigenvalue weighted by Gasteiger charge is -2.27. The molecule has 0 heterocycles. The van der Waals surface area contributed by atoms with Crippen LogP contribution in [-0.4, -0.2) is 29.3 Å². The van der Waals surface area contributed by atoms with Crippen molar-refractivity contribution in [2.45, 2.75) is 38.7 Å². The molecule has 1 aromatic carbocycles. The van der Waals surface area contributed by atoms with E-state index in [0.717, 1.165) is 0 Å². The standard InChI is InChI=1S/C15H20FNO4/c1-14(2,3)21-13(20)17-9-15(4,12(18)19)10-5-7-11(16)8-6-10/h5-8H,9H2,1-4H3,(H,17,20)(H,18,19). The van der Waals surface area contributed by atoms with E-state index >= 15 is 0 Å². The quantitative estimate of drug-likeness (QED) is 0.896. The predicted molar refractivity (Wildman–Crippen MR) is 75.6 cm³/mol. The van der Waals surface area contributed by atoms with Crippen LogP contribution >= 0.6 is 0 Å². The van der Waals surface area contributed by atoms with Crippen LogP contribution in [0.5, 0.6) is 0 Å². The van der Waals surface area contributed by atoms with Crippen LogP contribution in [0.25, 0.3) is 0 Å². The monoisotopic (exact) mass is 297 g/mol. The first-order valence-electron chi connectivity index (χ1n) is 6.51. The zero-order valence-corrected chi connectivity index (χ0v) is 12.6. The van der Waals surface area contributed by atoms with Gasteiger partial charge in [0.05, 0.1) is 0 Å². The van der Waals surface area contributed by atoms with Gasteiger partial charge in [0.1, 0.15) is 16.8 Å². The van der Waals surface area contributed by atoms with E-state index in [2.05, 4.69) is 5.32 Å². The summed E-state index contributed by atoms with van der Waals surface area (Å²) in [5, 5.41) is 11.9. The summed E-state index contributed by atoms with van der Waals surface area (Å²) in [6.45, 7) is 6.43. The minimum Gasteiger partial charge on any atom is -0.481 e. The molecule has 0 aromatic heterocycles. The second kappa shape index (κ2) is 6.11. The molecule has 0 aliphatic heterocycles.